The molecule has 0 aromatic heterocycles. The Bertz CT molecular complexity index is 335. The Morgan fingerprint density at radius 1 is 1.46 bits per heavy atom. The number of rotatable bonds is 2. The summed E-state index contributed by atoms with van der Waals surface area (Å²) in [6.07, 6.45) is 0.347. The van der Waals surface area contributed by atoms with Gasteiger partial charge in [-0.15, -0.1) is 0 Å². The molecule has 0 fully saturated rings. The van der Waals surface area contributed by atoms with Crippen molar-refractivity contribution in [3.8, 4) is 11.8 Å². The molecule has 0 aliphatic rings. The van der Waals surface area contributed by atoms with Crippen molar-refractivity contribution in [2.45, 2.75) is 13.3 Å². The third kappa shape index (κ3) is 2.60. The van der Waals surface area contributed by atoms with Gasteiger partial charge in [0, 0.05) is 6.42 Å². The zero-order valence-corrected chi connectivity index (χ0v) is 7.28. The highest BCUT2D eigenvalue weighted by molar-refractivity contribution is 5.71. The summed E-state index contributed by atoms with van der Waals surface area (Å²) in [5.41, 5.74) is 0.552. The summed E-state index contributed by atoms with van der Waals surface area (Å²) in [5, 5.41) is 8.50. The van der Waals surface area contributed by atoms with Crippen molar-refractivity contribution in [3.05, 3.63) is 29.8 Å². The molecule has 0 saturated heterocycles. The van der Waals surface area contributed by atoms with Gasteiger partial charge in [-0.3, -0.25) is 4.79 Å². The van der Waals surface area contributed by atoms with Crippen molar-refractivity contribution in [2.24, 2.45) is 0 Å². The molecule has 66 valence electrons. The van der Waals surface area contributed by atoms with E-state index in [0.717, 1.165) is 0 Å². The van der Waals surface area contributed by atoms with Crippen LogP contribution >= 0.6 is 0 Å². The second-order valence-corrected chi connectivity index (χ2v) is 2.46. The lowest BCUT2D eigenvalue weighted by atomic mass is 10.2. The van der Waals surface area contributed by atoms with E-state index in [0.29, 0.717) is 17.7 Å². The lowest BCUT2D eigenvalue weighted by Crippen LogP contribution is -2.05. The van der Waals surface area contributed by atoms with Gasteiger partial charge in [0.15, 0.2) is 0 Å². The number of esters is 1. The fourth-order valence-corrected chi connectivity index (χ4v) is 0.801. The van der Waals surface area contributed by atoms with Crippen molar-refractivity contribution >= 4 is 5.97 Å². The fourth-order valence-electron chi connectivity index (χ4n) is 0.801. The van der Waals surface area contributed by atoms with Gasteiger partial charge in [0.2, 0.25) is 0 Å². The minimum absolute atomic E-state index is 0.273. The van der Waals surface area contributed by atoms with Crippen LogP contribution in [0.3, 0.4) is 0 Å². The number of nitriles is 1. The van der Waals surface area contributed by atoms with Crippen LogP contribution in [0.1, 0.15) is 18.9 Å². The monoisotopic (exact) mass is 175 g/mol. The summed E-state index contributed by atoms with van der Waals surface area (Å²) in [5.74, 6) is 0.204. The number of hydrogen-bond acceptors (Lipinski definition) is 3. The maximum atomic E-state index is 10.8. The summed E-state index contributed by atoms with van der Waals surface area (Å²) in [6, 6.07) is 8.41. The first-order valence-electron chi connectivity index (χ1n) is 3.97. The van der Waals surface area contributed by atoms with Crippen LogP contribution in [0.4, 0.5) is 0 Å². The molecule has 3 heteroatoms. The first-order valence-corrected chi connectivity index (χ1v) is 3.97. The van der Waals surface area contributed by atoms with E-state index in [1.807, 2.05) is 6.07 Å². The smallest absolute Gasteiger partial charge is 0.310 e. The molecule has 0 heterocycles. The van der Waals surface area contributed by atoms with E-state index < -0.39 is 0 Å². The normalized spacial score (nSPS) is 8.92. The van der Waals surface area contributed by atoms with Crippen LogP contribution in [-0.4, -0.2) is 5.97 Å². The summed E-state index contributed by atoms with van der Waals surface area (Å²) in [4.78, 5) is 10.8. The predicted octanol–water partition coefficient (Wildman–Crippen LogP) is 1.87. The number of carbonyl (C=O) groups excluding carboxylic acids is 1. The van der Waals surface area contributed by atoms with Gasteiger partial charge in [-0.2, -0.15) is 5.26 Å². The number of benzene rings is 1. The molecule has 0 bridgehead atoms. The molecule has 1 aromatic carbocycles. The minimum Gasteiger partial charge on any atom is -0.427 e. The summed E-state index contributed by atoms with van der Waals surface area (Å²) < 4.78 is 4.91. The molecule has 0 N–H and O–H groups in total. The Labute approximate surface area is 76.6 Å². The maximum Gasteiger partial charge on any atom is 0.310 e. The Balaban J connectivity index is 2.71. The lowest BCUT2D eigenvalue weighted by Gasteiger charge is -2.00. The average molecular weight is 175 g/mol. The maximum absolute atomic E-state index is 10.8. The predicted molar refractivity (Wildman–Crippen MR) is 47.1 cm³/mol. The van der Waals surface area contributed by atoms with Crippen LogP contribution in [0.25, 0.3) is 0 Å². The first kappa shape index (κ1) is 9.27. The number of carbonyl (C=O) groups is 1. The standard InChI is InChI=1S/C10H9NO2/c1-2-10(12)13-9-5-3-8(7-11)4-6-9/h3-6H,2H2,1H3. The topological polar surface area (TPSA) is 50.1 Å². The molecule has 0 unspecified atom stereocenters. The molecule has 1 aromatic rings. The van der Waals surface area contributed by atoms with Gasteiger partial charge in [-0.25, -0.2) is 0 Å². The van der Waals surface area contributed by atoms with Crippen LogP contribution < -0.4 is 4.74 Å². The minimum atomic E-state index is -0.273. The van der Waals surface area contributed by atoms with Crippen molar-refractivity contribution in [2.75, 3.05) is 0 Å². The van der Waals surface area contributed by atoms with Crippen LogP contribution in [-0.2, 0) is 4.79 Å². The Kier molecular flexibility index (Phi) is 3.04. The van der Waals surface area contributed by atoms with Crippen LogP contribution in [0.2, 0.25) is 0 Å². The third-order valence-electron chi connectivity index (χ3n) is 1.50. The highest BCUT2D eigenvalue weighted by Crippen LogP contribution is 2.11. The molecule has 0 aliphatic carbocycles. The van der Waals surface area contributed by atoms with Crippen molar-refractivity contribution < 1.29 is 9.53 Å². The van der Waals surface area contributed by atoms with E-state index in [1.54, 1.807) is 31.2 Å². The quantitative estimate of drug-likeness (QED) is 0.509. The van der Waals surface area contributed by atoms with Crippen LogP contribution in [0.15, 0.2) is 24.3 Å². The second kappa shape index (κ2) is 4.27. The zero-order valence-electron chi connectivity index (χ0n) is 7.28. The highest BCUT2D eigenvalue weighted by atomic mass is 16.5. The van der Waals surface area contributed by atoms with E-state index in [1.165, 1.54) is 0 Å². The zero-order chi connectivity index (χ0) is 9.68. The Morgan fingerprint density at radius 2 is 2.08 bits per heavy atom. The summed E-state index contributed by atoms with van der Waals surface area (Å²) in [6.45, 7) is 1.73. The molecule has 13 heavy (non-hydrogen) atoms. The largest absolute Gasteiger partial charge is 0.427 e. The molecular weight excluding hydrogens is 166 g/mol. The van der Waals surface area contributed by atoms with Crippen LogP contribution in [0.5, 0.6) is 5.75 Å². The fraction of sp³-hybridized carbons (Fsp3) is 0.200. The van der Waals surface area contributed by atoms with Crippen LogP contribution in [0, 0.1) is 11.3 Å². The molecule has 0 atom stereocenters. The van der Waals surface area contributed by atoms with E-state index in [4.69, 9.17) is 10.00 Å². The molecule has 0 radical (unpaired) electrons. The summed E-state index contributed by atoms with van der Waals surface area (Å²) >= 11 is 0. The first-order chi connectivity index (χ1) is 6.26. The molecule has 1 rings (SSSR count). The lowest BCUT2D eigenvalue weighted by molar-refractivity contribution is -0.134. The van der Waals surface area contributed by atoms with Gasteiger partial charge in [-0.05, 0) is 24.3 Å². The Morgan fingerprint density at radius 3 is 2.54 bits per heavy atom. The number of ether oxygens (including phenoxy) is 1. The van der Waals surface area contributed by atoms with Gasteiger partial charge in [0.25, 0.3) is 0 Å². The van der Waals surface area contributed by atoms with Gasteiger partial charge in [-0.1, -0.05) is 6.92 Å². The third-order valence-corrected chi connectivity index (χ3v) is 1.50. The molecule has 0 amide bonds. The Hall–Kier alpha value is -1.82. The van der Waals surface area contributed by atoms with Crippen molar-refractivity contribution in [1.82, 2.24) is 0 Å². The molecule has 3 nitrogen and oxygen atoms in total. The number of hydrogen-bond donors (Lipinski definition) is 0. The second-order valence-electron chi connectivity index (χ2n) is 2.46. The molecule has 0 aliphatic heterocycles. The average Bonchev–Trinajstić information content (AvgIpc) is 2.19. The molecular formula is C10H9NO2. The van der Waals surface area contributed by atoms with Crippen molar-refractivity contribution in [1.29, 1.82) is 5.26 Å². The van der Waals surface area contributed by atoms with Gasteiger partial charge in [0.05, 0.1) is 11.6 Å². The summed E-state index contributed by atoms with van der Waals surface area (Å²) in [7, 11) is 0. The van der Waals surface area contributed by atoms with E-state index in [-0.39, 0.29) is 5.97 Å². The number of nitrogens with zero attached hydrogens (tertiary/aromatic N) is 1. The van der Waals surface area contributed by atoms with E-state index >= 15 is 0 Å². The molecule has 0 spiro atoms. The van der Waals surface area contributed by atoms with Gasteiger partial charge in [0.1, 0.15) is 5.75 Å². The highest BCUT2D eigenvalue weighted by Gasteiger charge is 2.00. The van der Waals surface area contributed by atoms with E-state index in [2.05, 4.69) is 0 Å². The van der Waals surface area contributed by atoms with Gasteiger partial charge < -0.3 is 4.74 Å². The van der Waals surface area contributed by atoms with Gasteiger partial charge >= 0.3 is 5.97 Å². The van der Waals surface area contributed by atoms with E-state index in [9.17, 15) is 4.79 Å². The SMILES string of the molecule is CCC(=O)Oc1ccc(C#N)cc1. The van der Waals surface area contributed by atoms with Crippen molar-refractivity contribution in [3.63, 3.8) is 0 Å². The molecule has 0 saturated carbocycles.